The largest absolute Gasteiger partial charge is 0.497 e. The molecule has 0 aliphatic rings. The molecule has 0 saturated carbocycles. The number of nitrogens with zero attached hydrogens (tertiary/aromatic N) is 1. The summed E-state index contributed by atoms with van der Waals surface area (Å²) in [6.45, 7) is -0.462. The predicted octanol–water partition coefficient (Wildman–Crippen LogP) is 3.66. The van der Waals surface area contributed by atoms with Gasteiger partial charge in [-0.3, -0.25) is 13.8 Å². The number of anilines is 3. The summed E-state index contributed by atoms with van der Waals surface area (Å²) in [5, 5.41) is 2.58. The van der Waals surface area contributed by atoms with E-state index in [0.717, 1.165) is 15.0 Å². The molecule has 2 N–H and O–H groups in total. The van der Waals surface area contributed by atoms with Crippen molar-refractivity contribution < 1.29 is 26.4 Å². The van der Waals surface area contributed by atoms with Crippen molar-refractivity contribution in [2.45, 2.75) is 4.90 Å². The number of hydrogen-bond donors (Lipinski definition) is 2. The third-order valence-corrected chi connectivity index (χ3v) is 7.66. The summed E-state index contributed by atoms with van der Waals surface area (Å²) in [5.41, 5.74) is 1.02. The first-order valence-electron chi connectivity index (χ1n) is 9.78. The van der Waals surface area contributed by atoms with Crippen LogP contribution in [0.15, 0.2) is 82.2 Å². The summed E-state index contributed by atoms with van der Waals surface area (Å²) in [6.07, 6.45) is 1.00. The van der Waals surface area contributed by atoms with E-state index in [1.807, 2.05) is 0 Å². The Morgan fingerprint density at radius 2 is 1.44 bits per heavy atom. The molecule has 180 valence electrons. The third-order valence-electron chi connectivity index (χ3n) is 4.59. The number of benzene rings is 3. The molecule has 0 aromatic heterocycles. The SMILES string of the molecule is COc1ccc(N(CC(=O)Nc2ccc(S(=O)(=O)Nc3ccc(Br)cc3)cc2)S(C)(=O)=O)cc1. The van der Waals surface area contributed by atoms with Crippen molar-refractivity contribution in [3.8, 4) is 5.75 Å². The van der Waals surface area contributed by atoms with Crippen LogP contribution < -0.4 is 19.1 Å². The summed E-state index contributed by atoms with van der Waals surface area (Å²) in [6, 6.07) is 18.4. The van der Waals surface area contributed by atoms with Gasteiger partial charge in [-0.05, 0) is 72.8 Å². The van der Waals surface area contributed by atoms with Crippen molar-refractivity contribution >= 4 is 58.9 Å². The molecule has 3 aromatic rings. The molecule has 3 rings (SSSR count). The maximum atomic E-state index is 12.6. The van der Waals surface area contributed by atoms with Gasteiger partial charge in [0.05, 0.1) is 23.9 Å². The van der Waals surface area contributed by atoms with Crippen LogP contribution in [-0.2, 0) is 24.8 Å². The molecule has 0 fully saturated rings. The number of rotatable bonds is 9. The molecule has 0 atom stereocenters. The van der Waals surface area contributed by atoms with E-state index in [0.29, 0.717) is 22.8 Å². The van der Waals surface area contributed by atoms with Gasteiger partial charge >= 0.3 is 0 Å². The van der Waals surface area contributed by atoms with Gasteiger partial charge in [0.2, 0.25) is 15.9 Å². The summed E-state index contributed by atoms with van der Waals surface area (Å²) < 4.78 is 59.0. The van der Waals surface area contributed by atoms with Gasteiger partial charge in [-0.15, -0.1) is 0 Å². The van der Waals surface area contributed by atoms with E-state index < -0.39 is 32.5 Å². The zero-order valence-electron chi connectivity index (χ0n) is 18.2. The Morgan fingerprint density at radius 1 is 0.882 bits per heavy atom. The number of methoxy groups -OCH3 is 1. The minimum Gasteiger partial charge on any atom is -0.497 e. The lowest BCUT2D eigenvalue weighted by Crippen LogP contribution is -2.37. The number of carbonyl (C=O) groups is 1. The lowest BCUT2D eigenvalue weighted by atomic mass is 10.3. The van der Waals surface area contributed by atoms with Crippen LogP contribution in [-0.4, -0.2) is 42.7 Å². The summed E-state index contributed by atoms with van der Waals surface area (Å²) in [4.78, 5) is 12.5. The van der Waals surface area contributed by atoms with Crippen molar-refractivity contribution in [1.82, 2.24) is 0 Å². The fraction of sp³-hybridized carbons (Fsp3) is 0.136. The normalized spacial score (nSPS) is 11.5. The topological polar surface area (TPSA) is 122 Å². The van der Waals surface area contributed by atoms with Gasteiger partial charge in [0.25, 0.3) is 10.0 Å². The van der Waals surface area contributed by atoms with Crippen molar-refractivity contribution in [3.63, 3.8) is 0 Å². The standard InChI is InChI=1S/C22H22BrN3O6S2/c1-32-20-11-9-19(10-12-20)26(33(2,28)29)15-22(27)24-17-7-13-21(14-8-17)34(30,31)25-18-5-3-16(23)4-6-18/h3-14,25H,15H2,1-2H3,(H,24,27). The molecule has 1 amide bonds. The van der Waals surface area contributed by atoms with Crippen LogP contribution in [0, 0.1) is 0 Å². The molecule has 0 radical (unpaired) electrons. The van der Waals surface area contributed by atoms with Crippen molar-refractivity contribution in [1.29, 1.82) is 0 Å². The van der Waals surface area contributed by atoms with Crippen molar-refractivity contribution in [2.75, 3.05) is 34.3 Å². The molecule has 0 spiro atoms. The number of nitrogens with one attached hydrogen (secondary N) is 2. The highest BCUT2D eigenvalue weighted by molar-refractivity contribution is 9.10. The quantitative estimate of drug-likeness (QED) is 0.407. The first-order valence-corrected chi connectivity index (χ1v) is 13.9. The predicted molar refractivity (Wildman–Crippen MR) is 135 cm³/mol. The van der Waals surface area contributed by atoms with Gasteiger partial charge in [-0.2, -0.15) is 0 Å². The monoisotopic (exact) mass is 567 g/mol. The minimum absolute atomic E-state index is 0.00409. The van der Waals surface area contributed by atoms with E-state index in [4.69, 9.17) is 4.74 Å². The van der Waals surface area contributed by atoms with Crippen LogP contribution in [0.4, 0.5) is 17.1 Å². The lowest BCUT2D eigenvalue weighted by molar-refractivity contribution is -0.114. The average Bonchev–Trinajstić information content (AvgIpc) is 2.79. The summed E-state index contributed by atoms with van der Waals surface area (Å²) in [5.74, 6) is -0.0452. The van der Waals surface area contributed by atoms with Gasteiger partial charge in [0, 0.05) is 15.8 Å². The van der Waals surface area contributed by atoms with Crippen LogP contribution in [0.5, 0.6) is 5.75 Å². The highest BCUT2D eigenvalue weighted by Crippen LogP contribution is 2.22. The molecule has 0 heterocycles. The molecule has 0 aliphatic heterocycles. The summed E-state index contributed by atoms with van der Waals surface area (Å²) in [7, 11) is -6.08. The molecule has 0 unspecified atom stereocenters. The maximum Gasteiger partial charge on any atom is 0.261 e. The first kappa shape index (κ1) is 25.5. The Kier molecular flexibility index (Phi) is 7.85. The van der Waals surface area contributed by atoms with E-state index in [9.17, 15) is 21.6 Å². The Bertz CT molecular complexity index is 1360. The summed E-state index contributed by atoms with van der Waals surface area (Å²) >= 11 is 3.29. The molecule has 3 aromatic carbocycles. The molecule has 0 bridgehead atoms. The molecular formula is C22H22BrN3O6S2. The molecule has 0 aliphatic carbocycles. The second kappa shape index (κ2) is 10.5. The van der Waals surface area contributed by atoms with Gasteiger partial charge < -0.3 is 10.1 Å². The number of carbonyl (C=O) groups excluding carboxylic acids is 1. The van der Waals surface area contributed by atoms with E-state index in [2.05, 4.69) is 26.0 Å². The Morgan fingerprint density at radius 3 is 1.97 bits per heavy atom. The number of sulfonamides is 2. The second-order valence-corrected chi connectivity index (χ2v) is 11.7. The third kappa shape index (κ3) is 6.72. The second-order valence-electron chi connectivity index (χ2n) is 7.15. The Hall–Kier alpha value is -3.09. The van der Waals surface area contributed by atoms with Crippen molar-refractivity contribution in [2.24, 2.45) is 0 Å². The zero-order chi connectivity index (χ0) is 24.9. The first-order chi connectivity index (χ1) is 16.0. The molecule has 12 heteroatoms. The van der Waals surface area contributed by atoms with E-state index in [-0.39, 0.29) is 4.90 Å². The van der Waals surface area contributed by atoms with E-state index >= 15 is 0 Å². The van der Waals surface area contributed by atoms with Crippen LogP contribution in [0.25, 0.3) is 0 Å². The van der Waals surface area contributed by atoms with E-state index in [1.165, 1.54) is 43.5 Å². The van der Waals surface area contributed by atoms with Crippen LogP contribution in [0.2, 0.25) is 0 Å². The smallest absolute Gasteiger partial charge is 0.261 e. The highest BCUT2D eigenvalue weighted by Gasteiger charge is 2.21. The number of amides is 1. The molecule has 34 heavy (non-hydrogen) atoms. The maximum absolute atomic E-state index is 12.6. The molecular weight excluding hydrogens is 546 g/mol. The Balaban J connectivity index is 1.69. The average molecular weight is 568 g/mol. The number of ether oxygens (including phenoxy) is 1. The Labute approximate surface area is 207 Å². The van der Waals surface area contributed by atoms with Crippen LogP contribution in [0.1, 0.15) is 0 Å². The van der Waals surface area contributed by atoms with Gasteiger partial charge in [0.15, 0.2) is 0 Å². The van der Waals surface area contributed by atoms with Gasteiger partial charge in [-0.1, -0.05) is 15.9 Å². The number of hydrogen-bond acceptors (Lipinski definition) is 6. The van der Waals surface area contributed by atoms with Gasteiger partial charge in [-0.25, -0.2) is 16.8 Å². The molecule has 9 nitrogen and oxygen atoms in total. The molecule has 0 saturated heterocycles. The van der Waals surface area contributed by atoms with Crippen LogP contribution in [0.3, 0.4) is 0 Å². The van der Waals surface area contributed by atoms with Crippen LogP contribution >= 0.6 is 15.9 Å². The zero-order valence-corrected chi connectivity index (χ0v) is 21.4. The fourth-order valence-corrected chi connectivity index (χ4v) is 5.11. The van der Waals surface area contributed by atoms with Crippen molar-refractivity contribution in [3.05, 3.63) is 77.3 Å². The number of halogens is 1. The highest BCUT2D eigenvalue weighted by atomic mass is 79.9. The lowest BCUT2D eigenvalue weighted by Gasteiger charge is -2.22. The minimum atomic E-state index is -3.83. The fourth-order valence-electron chi connectivity index (χ4n) is 2.93. The van der Waals surface area contributed by atoms with E-state index in [1.54, 1.807) is 36.4 Å². The van der Waals surface area contributed by atoms with Gasteiger partial charge in [0.1, 0.15) is 12.3 Å².